The van der Waals surface area contributed by atoms with Crippen LogP contribution in [0.2, 0.25) is 0 Å². The Kier molecular flexibility index (Phi) is 3.43. The zero-order chi connectivity index (χ0) is 15.8. The van der Waals surface area contributed by atoms with Gasteiger partial charge in [0, 0.05) is 12.5 Å². The maximum atomic E-state index is 12.7. The zero-order valence-electron chi connectivity index (χ0n) is 12.8. The van der Waals surface area contributed by atoms with Gasteiger partial charge in [0.1, 0.15) is 17.2 Å². The van der Waals surface area contributed by atoms with Crippen molar-refractivity contribution in [3.8, 4) is 17.6 Å². The molecule has 23 heavy (non-hydrogen) atoms. The highest BCUT2D eigenvalue weighted by Gasteiger charge is 2.37. The van der Waals surface area contributed by atoms with E-state index in [1.807, 2.05) is 18.2 Å². The number of carbonyl (C=O) groups is 1. The van der Waals surface area contributed by atoms with Gasteiger partial charge in [0.05, 0.1) is 0 Å². The zero-order valence-corrected chi connectivity index (χ0v) is 12.8. The molecule has 2 aliphatic rings. The van der Waals surface area contributed by atoms with E-state index >= 15 is 0 Å². The van der Waals surface area contributed by atoms with Crippen LogP contribution in [0.25, 0.3) is 11.0 Å². The number of benzene rings is 1. The molecule has 1 N–H and O–H groups in total. The van der Waals surface area contributed by atoms with E-state index in [-0.39, 0.29) is 24.5 Å². The summed E-state index contributed by atoms with van der Waals surface area (Å²) in [4.78, 5) is 14.4. The lowest BCUT2D eigenvalue weighted by molar-refractivity contribution is -0.120. The number of amides is 1. The second kappa shape index (κ2) is 5.60. The molecule has 0 radical (unpaired) electrons. The molecule has 1 saturated heterocycles. The lowest BCUT2D eigenvalue weighted by Crippen LogP contribution is -2.46. The van der Waals surface area contributed by atoms with E-state index < -0.39 is 0 Å². The van der Waals surface area contributed by atoms with Crippen LogP contribution in [0.4, 0.5) is 5.82 Å². The quantitative estimate of drug-likeness (QED) is 0.853. The minimum atomic E-state index is -0.231. The van der Waals surface area contributed by atoms with E-state index in [9.17, 15) is 4.79 Å². The Morgan fingerprint density at radius 1 is 1.48 bits per heavy atom. The van der Waals surface area contributed by atoms with Crippen molar-refractivity contribution in [1.29, 1.82) is 0 Å². The standard InChI is InChI=1S/C17H17N3O3/c1-2-4-12(11-7-8-18-9-11)20-15(21)10-22-13-5-3-6-14-16(13)17(20)19-23-14/h3,5-6,11-12,18H,7-10H2,1H3. The van der Waals surface area contributed by atoms with Crippen molar-refractivity contribution < 1.29 is 14.1 Å². The van der Waals surface area contributed by atoms with E-state index in [4.69, 9.17) is 9.26 Å². The van der Waals surface area contributed by atoms with Crippen molar-refractivity contribution in [3.05, 3.63) is 18.2 Å². The number of anilines is 1. The van der Waals surface area contributed by atoms with Gasteiger partial charge in [-0.05, 0) is 32.0 Å². The van der Waals surface area contributed by atoms with Crippen LogP contribution in [0.5, 0.6) is 5.75 Å². The highest BCUT2D eigenvalue weighted by Crippen LogP contribution is 2.38. The predicted molar refractivity (Wildman–Crippen MR) is 85.2 cm³/mol. The maximum Gasteiger partial charge on any atom is 0.267 e. The molecule has 1 fully saturated rings. The first kappa shape index (κ1) is 14.1. The number of nitrogens with one attached hydrogen (secondary N) is 1. The van der Waals surface area contributed by atoms with Crippen molar-refractivity contribution in [3.63, 3.8) is 0 Å². The normalized spacial score (nSPS) is 21.5. The Hall–Kier alpha value is -2.52. The van der Waals surface area contributed by atoms with Crippen molar-refractivity contribution in [2.75, 3.05) is 24.6 Å². The van der Waals surface area contributed by atoms with Gasteiger partial charge in [-0.25, -0.2) is 0 Å². The molecule has 1 aromatic heterocycles. The largest absolute Gasteiger partial charge is 0.483 e. The van der Waals surface area contributed by atoms with Crippen molar-refractivity contribution in [2.24, 2.45) is 5.92 Å². The first-order valence-corrected chi connectivity index (χ1v) is 7.76. The maximum absolute atomic E-state index is 12.7. The third-order valence-corrected chi connectivity index (χ3v) is 4.41. The number of hydrogen-bond acceptors (Lipinski definition) is 5. The molecule has 2 unspecified atom stereocenters. The van der Waals surface area contributed by atoms with E-state index in [0.29, 0.717) is 17.2 Å². The van der Waals surface area contributed by atoms with Crippen molar-refractivity contribution in [1.82, 2.24) is 10.5 Å². The summed E-state index contributed by atoms with van der Waals surface area (Å²) in [6.45, 7) is 3.56. The Morgan fingerprint density at radius 3 is 3.17 bits per heavy atom. The molecule has 2 atom stereocenters. The topological polar surface area (TPSA) is 67.6 Å². The number of aromatic nitrogens is 1. The van der Waals surface area contributed by atoms with E-state index in [1.54, 1.807) is 11.8 Å². The van der Waals surface area contributed by atoms with Gasteiger partial charge in [0.2, 0.25) is 0 Å². The molecule has 1 amide bonds. The minimum Gasteiger partial charge on any atom is -0.483 e. The van der Waals surface area contributed by atoms with Crippen LogP contribution in [-0.4, -0.2) is 36.8 Å². The van der Waals surface area contributed by atoms with Gasteiger partial charge in [-0.1, -0.05) is 17.1 Å². The van der Waals surface area contributed by atoms with Crippen LogP contribution < -0.4 is 15.0 Å². The molecule has 0 saturated carbocycles. The summed E-state index contributed by atoms with van der Waals surface area (Å²) >= 11 is 0. The van der Waals surface area contributed by atoms with Crippen LogP contribution in [0.15, 0.2) is 22.7 Å². The molecule has 2 aromatic rings. The van der Waals surface area contributed by atoms with Gasteiger partial charge in [-0.3, -0.25) is 9.69 Å². The molecular weight excluding hydrogens is 294 g/mol. The third kappa shape index (κ3) is 2.25. The average Bonchev–Trinajstić information content (AvgIpc) is 3.19. The summed E-state index contributed by atoms with van der Waals surface area (Å²) < 4.78 is 11.1. The Morgan fingerprint density at radius 2 is 2.39 bits per heavy atom. The molecule has 0 spiro atoms. The molecule has 6 heteroatoms. The summed E-state index contributed by atoms with van der Waals surface area (Å²) in [5.74, 6) is 7.42. The molecule has 0 aliphatic carbocycles. The van der Waals surface area contributed by atoms with Crippen LogP contribution in [0.1, 0.15) is 13.3 Å². The molecular formula is C17H17N3O3. The van der Waals surface area contributed by atoms with Gasteiger partial charge in [-0.2, -0.15) is 0 Å². The van der Waals surface area contributed by atoms with Gasteiger partial charge in [0.25, 0.3) is 5.91 Å². The lowest BCUT2D eigenvalue weighted by Gasteiger charge is -2.29. The van der Waals surface area contributed by atoms with Gasteiger partial charge < -0.3 is 14.6 Å². The number of carbonyl (C=O) groups excluding carboxylic acids is 1. The molecule has 3 heterocycles. The summed E-state index contributed by atoms with van der Waals surface area (Å²) in [7, 11) is 0. The number of hydrogen-bond donors (Lipinski definition) is 1. The summed E-state index contributed by atoms with van der Waals surface area (Å²) in [5.41, 5.74) is 0.616. The van der Waals surface area contributed by atoms with Gasteiger partial charge >= 0.3 is 0 Å². The lowest BCUT2D eigenvalue weighted by atomic mass is 9.97. The van der Waals surface area contributed by atoms with Gasteiger partial charge in [0.15, 0.2) is 18.0 Å². The fraction of sp³-hybridized carbons (Fsp3) is 0.412. The molecule has 2 aliphatic heterocycles. The Labute approximate surface area is 133 Å². The summed E-state index contributed by atoms with van der Waals surface area (Å²) in [5, 5.41) is 8.23. The number of nitrogens with zero attached hydrogens (tertiary/aromatic N) is 2. The van der Waals surface area contributed by atoms with E-state index in [0.717, 1.165) is 24.9 Å². The summed E-state index contributed by atoms with van der Waals surface area (Å²) in [6.07, 6.45) is 0.979. The van der Waals surface area contributed by atoms with Gasteiger partial charge in [-0.15, -0.1) is 5.92 Å². The number of ether oxygens (including phenoxy) is 1. The average molecular weight is 311 g/mol. The van der Waals surface area contributed by atoms with Crippen LogP contribution in [-0.2, 0) is 4.79 Å². The highest BCUT2D eigenvalue weighted by molar-refractivity contribution is 6.06. The van der Waals surface area contributed by atoms with Crippen LogP contribution in [0.3, 0.4) is 0 Å². The molecule has 1 aromatic carbocycles. The monoisotopic (exact) mass is 311 g/mol. The van der Waals surface area contributed by atoms with Crippen molar-refractivity contribution >= 4 is 22.7 Å². The fourth-order valence-electron chi connectivity index (χ4n) is 3.33. The second-order valence-electron chi connectivity index (χ2n) is 5.78. The second-order valence-corrected chi connectivity index (χ2v) is 5.78. The van der Waals surface area contributed by atoms with Crippen molar-refractivity contribution in [2.45, 2.75) is 19.4 Å². The SMILES string of the molecule is CC#CC(C1CCNC1)N1C(=O)COc2cccc3onc1c23. The fourth-order valence-corrected chi connectivity index (χ4v) is 3.33. The van der Waals surface area contributed by atoms with Crippen LogP contribution in [0, 0.1) is 17.8 Å². The Balaban J connectivity index is 1.86. The van der Waals surface area contributed by atoms with E-state index in [1.165, 1.54) is 0 Å². The highest BCUT2D eigenvalue weighted by atomic mass is 16.5. The smallest absolute Gasteiger partial charge is 0.267 e. The minimum absolute atomic E-state index is 0.0164. The molecule has 6 nitrogen and oxygen atoms in total. The third-order valence-electron chi connectivity index (χ3n) is 4.41. The molecule has 118 valence electrons. The predicted octanol–water partition coefficient (Wildman–Crippen LogP) is 1.55. The Bertz CT molecular complexity index is 811. The first-order valence-electron chi connectivity index (χ1n) is 7.76. The molecule has 4 rings (SSSR count). The number of rotatable bonds is 2. The first-order chi connectivity index (χ1) is 11.3. The molecule has 0 bridgehead atoms. The summed E-state index contributed by atoms with van der Waals surface area (Å²) in [6, 6.07) is 5.25. The van der Waals surface area contributed by atoms with E-state index in [2.05, 4.69) is 22.3 Å². The van der Waals surface area contributed by atoms with Crippen LogP contribution >= 0.6 is 0 Å².